The van der Waals surface area contributed by atoms with Gasteiger partial charge in [0, 0.05) is 23.8 Å². The molecule has 0 aromatic heterocycles. The zero-order chi connectivity index (χ0) is 14.0. The van der Waals surface area contributed by atoms with Gasteiger partial charge in [-0.15, -0.1) is 0 Å². The Morgan fingerprint density at radius 2 is 1.89 bits per heavy atom. The molecule has 0 saturated carbocycles. The summed E-state index contributed by atoms with van der Waals surface area (Å²) in [6.07, 6.45) is 0. The molecular formula is C14H12ClNO3. The van der Waals surface area contributed by atoms with Crippen LogP contribution in [0.3, 0.4) is 0 Å². The first kappa shape index (κ1) is 13.2. The summed E-state index contributed by atoms with van der Waals surface area (Å²) >= 11 is 5.72. The Kier molecular flexibility index (Phi) is 3.62. The summed E-state index contributed by atoms with van der Waals surface area (Å²) in [5, 5.41) is 19.5. The topological polar surface area (TPSA) is 60.8 Å². The molecule has 98 valence electrons. The molecule has 0 bridgehead atoms. The van der Waals surface area contributed by atoms with Crippen molar-refractivity contribution in [3.8, 4) is 11.5 Å². The van der Waals surface area contributed by atoms with Crippen LogP contribution in [0.1, 0.15) is 10.4 Å². The molecule has 0 atom stereocenters. The number of amides is 1. The Bertz CT molecular complexity index is 628. The lowest BCUT2D eigenvalue weighted by Crippen LogP contribution is -2.26. The normalized spacial score (nSPS) is 10.2. The zero-order valence-corrected chi connectivity index (χ0v) is 10.9. The summed E-state index contributed by atoms with van der Waals surface area (Å²) < 4.78 is 0. The Morgan fingerprint density at radius 3 is 2.53 bits per heavy atom. The molecule has 0 fully saturated rings. The van der Waals surface area contributed by atoms with Crippen LogP contribution in [0.4, 0.5) is 5.69 Å². The predicted molar refractivity (Wildman–Crippen MR) is 74.0 cm³/mol. The molecule has 2 aromatic carbocycles. The molecule has 0 saturated heterocycles. The number of phenolic OH excluding ortho intramolecular Hbond substituents is 2. The van der Waals surface area contributed by atoms with E-state index in [1.165, 1.54) is 35.2 Å². The molecule has 1 amide bonds. The fourth-order valence-corrected chi connectivity index (χ4v) is 1.85. The number of rotatable bonds is 2. The van der Waals surface area contributed by atoms with Crippen LogP contribution in [0, 0.1) is 0 Å². The van der Waals surface area contributed by atoms with Gasteiger partial charge in [-0.2, -0.15) is 0 Å². The fraction of sp³-hybridized carbons (Fsp3) is 0.0714. The minimum atomic E-state index is -0.389. The maximum atomic E-state index is 12.2. The molecule has 4 nitrogen and oxygen atoms in total. The Morgan fingerprint density at radius 1 is 1.16 bits per heavy atom. The van der Waals surface area contributed by atoms with Crippen molar-refractivity contribution in [1.82, 2.24) is 0 Å². The van der Waals surface area contributed by atoms with Crippen molar-refractivity contribution in [1.29, 1.82) is 0 Å². The predicted octanol–water partition coefficient (Wildman–Crippen LogP) is 3.03. The van der Waals surface area contributed by atoms with Crippen molar-refractivity contribution in [2.45, 2.75) is 0 Å². The largest absolute Gasteiger partial charge is 0.508 e. The second-order valence-electron chi connectivity index (χ2n) is 4.05. The van der Waals surface area contributed by atoms with Crippen LogP contribution in [-0.2, 0) is 0 Å². The lowest BCUT2D eigenvalue weighted by atomic mass is 10.1. The van der Waals surface area contributed by atoms with Gasteiger partial charge >= 0.3 is 0 Å². The fourth-order valence-electron chi connectivity index (χ4n) is 1.69. The van der Waals surface area contributed by atoms with Gasteiger partial charge < -0.3 is 15.1 Å². The van der Waals surface area contributed by atoms with E-state index in [0.717, 1.165) is 0 Å². The van der Waals surface area contributed by atoms with E-state index in [-0.39, 0.29) is 23.0 Å². The summed E-state index contributed by atoms with van der Waals surface area (Å²) in [6, 6.07) is 10.6. The average molecular weight is 278 g/mol. The average Bonchev–Trinajstić information content (AvgIpc) is 2.37. The van der Waals surface area contributed by atoms with E-state index in [1.54, 1.807) is 19.2 Å². The summed E-state index contributed by atoms with van der Waals surface area (Å²) in [6.45, 7) is 0. The molecule has 0 heterocycles. The highest BCUT2D eigenvalue weighted by atomic mass is 35.5. The van der Waals surface area contributed by atoms with Gasteiger partial charge in [0.2, 0.25) is 0 Å². The van der Waals surface area contributed by atoms with E-state index < -0.39 is 0 Å². The SMILES string of the molecule is CN(C(=O)c1ccc(Cl)cc1O)c1cccc(O)c1. The first-order valence-electron chi connectivity index (χ1n) is 5.54. The van der Waals surface area contributed by atoms with Gasteiger partial charge in [-0.1, -0.05) is 17.7 Å². The van der Waals surface area contributed by atoms with Gasteiger partial charge in [0.1, 0.15) is 11.5 Å². The number of hydrogen-bond acceptors (Lipinski definition) is 3. The molecule has 0 spiro atoms. The smallest absolute Gasteiger partial charge is 0.261 e. The highest BCUT2D eigenvalue weighted by Gasteiger charge is 2.17. The van der Waals surface area contributed by atoms with Gasteiger partial charge in [0.15, 0.2) is 0 Å². The Labute approximate surface area is 115 Å². The molecule has 0 unspecified atom stereocenters. The van der Waals surface area contributed by atoms with E-state index in [4.69, 9.17) is 11.6 Å². The number of nitrogens with zero attached hydrogens (tertiary/aromatic N) is 1. The summed E-state index contributed by atoms with van der Waals surface area (Å²) in [7, 11) is 1.56. The maximum Gasteiger partial charge on any atom is 0.261 e. The van der Waals surface area contributed by atoms with Crippen molar-refractivity contribution >= 4 is 23.2 Å². The van der Waals surface area contributed by atoms with Crippen molar-refractivity contribution in [2.75, 3.05) is 11.9 Å². The van der Waals surface area contributed by atoms with Gasteiger partial charge in [-0.3, -0.25) is 4.79 Å². The number of carbonyl (C=O) groups excluding carboxylic acids is 1. The van der Waals surface area contributed by atoms with Crippen molar-refractivity contribution in [2.24, 2.45) is 0 Å². The number of phenols is 2. The molecule has 0 radical (unpaired) electrons. The number of anilines is 1. The molecule has 0 aliphatic heterocycles. The van der Waals surface area contributed by atoms with Crippen LogP contribution in [0.5, 0.6) is 11.5 Å². The van der Waals surface area contributed by atoms with Crippen molar-refractivity contribution in [3.05, 3.63) is 53.1 Å². The lowest BCUT2D eigenvalue weighted by Gasteiger charge is -2.18. The van der Waals surface area contributed by atoms with Crippen LogP contribution in [0.15, 0.2) is 42.5 Å². The van der Waals surface area contributed by atoms with E-state index in [1.807, 2.05) is 0 Å². The van der Waals surface area contributed by atoms with Crippen LogP contribution in [0.25, 0.3) is 0 Å². The molecule has 0 aliphatic carbocycles. The summed E-state index contributed by atoms with van der Waals surface area (Å²) in [5.41, 5.74) is 0.676. The molecule has 19 heavy (non-hydrogen) atoms. The second kappa shape index (κ2) is 5.20. The first-order chi connectivity index (χ1) is 8.99. The van der Waals surface area contributed by atoms with E-state index >= 15 is 0 Å². The monoisotopic (exact) mass is 277 g/mol. The van der Waals surface area contributed by atoms with Gasteiger partial charge in [-0.25, -0.2) is 0 Å². The lowest BCUT2D eigenvalue weighted by molar-refractivity contribution is 0.0990. The van der Waals surface area contributed by atoms with Crippen LogP contribution in [0.2, 0.25) is 5.02 Å². The number of halogens is 1. The quantitative estimate of drug-likeness (QED) is 0.887. The van der Waals surface area contributed by atoms with Gasteiger partial charge in [0.25, 0.3) is 5.91 Å². The van der Waals surface area contributed by atoms with Crippen molar-refractivity contribution in [3.63, 3.8) is 0 Å². The first-order valence-corrected chi connectivity index (χ1v) is 5.92. The van der Waals surface area contributed by atoms with E-state index in [2.05, 4.69) is 0 Å². The molecule has 0 aliphatic rings. The summed E-state index contributed by atoms with van der Waals surface area (Å²) in [4.78, 5) is 13.6. The third kappa shape index (κ3) is 2.80. The maximum absolute atomic E-state index is 12.2. The number of carbonyl (C=O) groups is 1. The number of hydrogen-bond donors (Lipinski definition) is 2. The molecule has 2 rings (SSSR count). The molecule has 5 heteroatoms. The third-order valence-corrected chi connectivity index (χ3v) is 2.95. The summed E-state index contributed by atoms with van der Waals surface area (Å²) in [5.74, 6) is -0.498. The Balaban J connectivity index is 2.33. The van der Waals surface area contributed by atoms with Crippen molar-refractivity contribution < 1.29 is 15.0 Å². The third-order valence-electron chi connectivity index (χ3n) is 2.71. The zero-order valence-electron chi connectivity index (χ0n) is 10.2. The molecule has 2 aromatic rings. The van der Waals surface area contributed by atoms with Crippen LogP contribution < -0.4 is 4.90 Å². The minimum Gasteiger partial charge on any atom is -0.508 e. The van der Waals surface area contributed by atoms with E-state index in [0.29, 0.717) is 10.7 Å². The van der Waals surface area contributed by atoms with Crippen LogP contribution in [-0.4, -0.2) is 23.2 Å². The molecular weight excluding hydrogens is 266 g/mol. The standard InChI is InChI=1S/C14H12ClNO3/c1-16(10-3-2-4-11(17)8-10)14(19)12-6-5-9(15)7-13(12)18/h2-8,17-18H,1H3. The highest BCUT2D eigenvalue weighted by molar-refractivity contribution is 6.31. The minimum absolute atomic E-state index is 0.0671. The highest BCUT2D eigenvalue weighted by Crippen LogP contribution is 2.26. The molecule has 2 N–H and O–H groups in total. The Hall–Kier alpha value is -2.20. The van der Waals surface area contributed by atoms with E-state index in [9.17, 15) is 15.0 Å². The van der Waals surface area contributed by atoms with Gasteiger partial charge in [-0.05, 0) is 30.3 Å². The second-order valence-corrected chi connectivity index (χ2v) is 4.48. The van der Waals surface area contributed by atoms with Crippen LogP contribution >= 0.6 is 11.6 Å². The van der Waals surface area contributed by atoms with Gasteiger partial charge in [0.05, 0.1) is 5.56 Å². The number of benzene rings is 2. The number of aromatic hydroxyl groups is 2.